The highest BCUT2D eigenvalue weighted by atomic mass is 35.5. The number of hydrogen-bond donors (Lipinski definition) is 1. The maximum absolute atomic E-state index is 11.4. The second-order valence-electron chi connectivity index (χ2n) is 3.61. The summed E-state index contributed by atoms with van der Waals surface area (Å²) in [6.07, 6.45) is 0. The molecule has 2 N–H and O–H groups in total. The Bertz CT molecular complexity index is 309. The van der Waals surface area contributed by atoms with Crippen LogP contribution in [0, 0.1) is 5.92 Å². The number of halogens is 1. The highest BCUT2D eigenvalue weighted by Gasteiger charge is 2.06. The minimum atomic E-state index is -0.293. The fourth-order valence-electron chi connectivity index (χ4n) is 0.945. The summed E-state index contributed by atoms with van der Waals surface area (Å²) >= 11 is 0. The van der Waals surface area contributed by atoms with Gasteiger partial charge in [-0.1, -0.05) is 13.8 Å². The average molecular weight is 230 g/mol. The van der Waals surface area contributed by atoms with Gasteiger partial charge in [0, 0.05) is 5.69 Å². The van der Waals surface area contributed by atoms with Crippen molar-refractivity contribution in [3.8, 4) is 0 Å². The Morgan fingerprint density at radius 1 is 1.33 bits per heavy atom. The highest BCUT2D eigenvalue weighted by molar-refractivity contribution is 5.89. The van der Waals surface area contributed by atoms with Crippen molar-refractivity contribution < 1.29 is 9.53 Å². The van der Waals surface area contributed by atoms with Crippen molar-refractivity contribution in [3.63, 3.8) is 0 Å². The molecule has 15 heavy (non-hydrogen) atoms. The standard InChI is InChI=1S/C11H15NO2.ClH/c1-8(2)7-14-11(13)9-3-5-10(12)6-4-9;/h3-6,8H,7,12H2,1-2H3;1H. The molecular weight excluding hydrogens is 214 g/mol. The minimum Gasteiger partial charge on any atom is -0.462 e. The third kappa shape index (κ3) is 4.70. The molecule has 3 nitrogen and oxygen atoms in total. The van der Waals surface area contributed by atoms with Crippen LogP contribution in [-0.4, -0.2) is 12.6 Å². The molecule has 0 bridgehead atoms. The summed E-state index contributed by atoms with van der Waals surface area (Å²) in [7, 11) is 0. The van der Waals surface area contributed by atoms with E-state index >= 15 is 0 Å². The maximum atomic E-state index is 11.4. The largest absolute Gasteiger partial charge is 0.462 e. The Morgan fingerprint density at radius 3 is 2.33 bits per heavy atom. The van der Waals surface area contributed by atoms with Crippen LogP contribution >= 0.6 is 12.4 Å². The Kier molecular flexibility index (Phi) is 5.79. The Morgan fingerprint density at radius 2 is 1.87 bits per heavy atom. The molecule has 84 valence electrons. The molecule has 0 radical (unpaired) electrons. The predicted octanol–water partition coefficient (Wildman–Crippen LogP) is 2.50. The van der Waals surface area contributed by atoms with E-state index in [1.807, 2.05) is 13.8 Å². The lowest BCUT2D eigenvalue weighted by molar-refractivity contribution is 0.0459. The van der Waals surface area contributed by atoms with E-state index in [-0.39, 0.29) is 18.4 Å². The topological polar surface area (TPSA) is 52.3 Å². The van der Waals surface area contributed by atoms with Gasteiger partial charge in [-0.25, -0.2) is 4.79 Å². The molecule has 0 aliphatic rings. The molecule has 0 fully saturated rings. The van der Waals surface area contributed by atoms with E-state index in [2.05, 4.69) is 0 Å². The quantitative estimate of drug-likeness (QED) is 0.640. The SMILES string of the molecule is CC(C)COC(=O)c1ccc(N)cc1.Cl. The van der Waals surface area contributed by atoms with Gasteiger partial charge in [0.25, 0.3) is 0 Å². The number of anilines is 1. The van der Waals surface area contributed by atoms with Gasteiger partial charge in [0.15, 0.2) is 0 Å². The van der Waals surface area contributed by atoms with Gasteiger partial charge in [-0.2, -0.15) is 0 Å². The summed E-state index contributed by atoms with van der Waals surface area (Å²) in [5.41, 5.74) is 6.68. The van der Waals surface area contributed by atoms with Crippen LogP contribution in [0.5, 0.6) is 0 Å². The third-order valence-corrected chi connectivity index (χ3v) is 1.69. The number of nitrogen functional groups attached to an aromatic ring is 1. The first-order valence-corrected chi connectivity index (χ1v) is 4.62. The van der Waals surface area contributed by atoms with Gasteiger partial charge in [-0.3, -0.25) is 0 Å². The monoisotopic (exact) mass is 229 g/mol. The van der Waals surface area contributed by atoms with Crippen molar-refractivity contribution in [2.24, 2.45) is 5.92 Å². The fraction of sp³-hybridized carbons (Fsp3) is 0.364. The molecule has 0 spiro atoms. The molecule has 0 heterocycles. The second-order valence-corrected chi connectivity index (χ2v) is 3.61. The van der Waals surface area contributed by atoms with Crippen molar-refractivity contribution in [1.82, 2.24) is 0 Å². The lowest BCUT2D eigenvalue weighted by atomic mass is 10.2. The molecule has 1 aromatic carbocycles. The smallest absolute Gasteiger partial charge is 0.338 e. The summed E-state index contributed by atoms with van der Waals surface area (Å²) in [4.78, 5) is 11.4. The van der Waals surface area contributed by atoms with E-state index in [0.717, 1.165) is 0 Å². The molecule has 0 amide bonds. The van der Waals surface area contributed by atoms with E-state index in [1.54, 1.807) is 24.3 Å². The normalized spacial score (nSPS) is 9.53. The molecule has 1 rings (SSSR count). The summed E-state index contributed by atoms with van der Waals surface area (Å²) in [5, 5.41) is 0. The van der Waals surface area contributed by atoms with Crippen molar-refractivity contribution in [1.29, 1.82) is 0 Å². The first kappa shape index (κ1) is 13.8. The van der Waals surface area contributed by atoms with Crippen molar-refractivity contribution >= 4 is 24.1 Å². The molecule has 0 unspecified atom stereocenters. The number of ether oxygens (including phenoxy) is 1. The van der Waals surface area contributed by atoms with Crippen LogP contribution in [0.15, 0.2) is 24.3 Å². The lowest BCUT2D eigenvalue weighted by Crippen LogP contribution is -2.10. The zero-order chi connectivity index (χ0) is 10.6. The van der Waals surface area contributed by atoms with Gasteiger partial charge in [-0.15, -0.1) is 12.4 Å². The maximum Gasteiger partial charge on any atom is 0.338 e. The Labute approximate surface area is 96.0 Å². The van der Waals surface area contributed by atoms with E-state index in [4.69, 9.17) is 10.5 Å². The number of nitrogens with two attached hydrogens (primary N) is 1. The minimum absolute atomic E-state index is 0. The molecule has 0 aliphatic carbocycles. The molecular formula is C11H16ClNO2. The zero-order valence-electron chi connectivity index (χ0n) is 8.90. The van der Waals surface area contributed by atoms with Crippen molar-refractivity contribution in [2.75, 3.05) is 12.3 Å². The summed E-state index contributed by atoms with van der Waals surface area (Å²) in [5.74, 6) is 0.0615. The van der Waals surface area contributed by atoms with Gasteiger partial charge in [0.1, 0.15) is 0 Å². The van der Waals surface area contributed by atoms with Crippen LogP contribution in [0.25, 0.3) is 0 Å². The zero-order valence-corrected chi connectivity index (χ0v) is 9.71. The Hall–Kier alpha value is -1.22. The summed E-state index contributed by atoms with van der Waals surface area (Å²) in [6.45, 7) is 4.44. The van der Waals surface area contributed by atoms with E-state index in [9.17, 15) is 4.79 Å². The van der Waals surface area contributed by atoms with Crippen LogP contribution in [0.2, 0.25) is 0 Å². The molecule has 0 atom stereocenters. The van der Waals surface area contributed by atoms with E-state index < -0.39 is 0 Å². The van der Waals surface area contributed by atoms with E-state index in [1.165, 1.54) is 0 Å². The van der Waals surface area contributed by atoms with Gasteiger partial charge in [0.05, 0.1) is 12.2 Å². The van der Waals surface area contributed by atoms with Gasteiger partial charge >= 0.3 is 5.97 Å². The first-order chi connectivity index (χ1) is 6.59. The van der Waals surface area contributed by atoms with Gasteiger partial charge in [0.2, 0.25) is 0 Å². The van der Waals surface area contributed by atoms with Crippen LogP contribution < -0.4 is 5.73 Å². The molecule has 0 saturated carbocycles. The molecule has 0 aliphatic heterocycles. The number of esters is 1. The molecule has 4 heteroatoms. The van der Waals surface area contributed by atoms with Crippen LogP contribution in [-0.2, 0) is 4.74 Å². The molecule has 0 saturated heterocycles. The number of carbonyl (C=O) groups excluding carboxylic acids is 1. The Balaban J connectivity index is 0.00000196. The number of carbonyl (C=O) groups is 1. The van der Waals surface area contributed by atoms with Crippen LogP contribution in [0.3, 0.4) is 0 Å². The fourth-order valence-corrected chi connectivity index (χ4v) is 0.945. The number of benzene rings is 1. The highest BCUT2D eigenvalue weighted by Crippen LogP contribution is 2.07. The van der Waals surface area contributed by atoms with Crippen LogP contribution in [0.1, 0.15) is 24.2 Å². The first-order valence-electron chi connectivity index (χ1n) is 4.62. The second kappa shape index (κ2) is 6.30. The molecule has 0 aromatic heterocycles. The average Bonchev–Trinajstić information content (AvgIpc) is 2.15. The van der Waals surface area contributed by atoms with Crippen molar-refractivity contribution in [2.45, 2.75) is 13.8 Å². The third-order valence-electron chi connectivity index (χ3n) is 1.69. The van der Waals surface area contributed by atoms with Gasteiger partial charge in [-0.05, 0) is 30.2 Å². The van der Waals surface area contributed by atoms with E-state index in [0.29, 0.717) is 23.8 Å². The number of rotatable bonds is 3. The lowest BCUT2D eigenvalue weighted by Gasteiger charge is -2.06. The van der Waals surface area contributed by atoms with Gasteiger partial charge < -0.3 is 10.5 Å². The van der Waals surface area contributed by atoms with Crippen molar-refractivity contribution in [3.05, 3.63) is 29.8 Å². The summed E-state index contributed by atoms with van der Waals surface area (Å²) in [6, 6.07) is 6.70. The molecule has 1 aromatic rings. The predicted molar refractivity (Wildman–Crippen MR) is 63.2 cm³/mol. The van der Waals surface area contributed by atoms with Crippen LogP contribution in [0.4, 0.5) is 5.69 Å². The number of hydrogen-bond acceptors (Lipinski definition) is 3. The summed E-state index contributed by atoms with van der Waals surface area (Å²) < 4.78 is 5.05.